The smallest absolute Gasteiger partial charge is 0.363 e. The number of cyclic esters (lactones) is 1. The molecule has 0 bridgehead atoms. The van der Waals surface area contributed by atoms with E-state index in [9.17, 15) is 25.0 Å². The largest absolute Gasteiger partial charge is 0.402 e. The van der Waals surface area contributed by atoms with Gasteiger partial charge in [0.05, 0.1) is 21.5 Å². The van der Waals surface area contributed by atoms with Crippen LogP contribution in [0.5, 0.6) is 0 Å². The van der Waals surface area contributed by atoms with Gasteiger partial charge in [0.15, 0.2) is 5.70 Å². The predicted molar refractivity (Wildman–Crippen MR) is 91.5 cm³/mol. The third kappa shape index (κ3) is 3.31. The van der Waals surface area contributed by atoms with Crippen molar-refractivity contribution >= 4 is 29.3 Å². The van der Waals surface area contributed by atoms with Gasteiger partial charge in [0, 0.05) is 11.6 Å². The summed E-state index contributed by atoms with van der Waals surface area (Å²) in [5.74, 6) is -0.668. The van der Waals surface area contributed by atoms with Gasteiger partial charge in [-0.3, -0.25) is 20.2 Å². The van der Waals surface area contributed by atoms with Crippen LogP contribution in [0.4, 0.5) is 11.4 Å². The number of hydrogen-bond acceptors (Lipinski definition) is 7. The predicted octanol–water partition coefficient (Wildman–Crippen LogP) is 3.16. The Kier molecular flexibility index (Phi) is 4.27. The summed E-state index contributed by atoms with van der Waals surface area (Å²) >= 11 is 0. The van der Waals surface area contributed by atoms with Crippen molar-refractivity contribution < 1.29 is 19.4 Å². The maximum atomic E-state index is 12.0. The number of nitro groups is 2. The number of carbonyl (C=O) groups is 1. The number of hydrogen-bond donors (Lipinski definition) is 0. The summed E-state index contributed by atoms with van der Waals surface area (Å²) in [5.41, 5.74) is 0.579. The van der Waals surface area contributed by atoms with Crippen LogP contribution in [-0.4, -0.2) is 21.7 Å². The molecule has 1 aliphatic heterocycles. The number of ether oxygens (including phenoxy) is 1. The monoisotopic (exact) mass is 353 g/mol. The Bertz CT molecular complexity index is 992. The summed E-state index contributed by atoms with van der Waals surface area (Å²) in [6.45, 7) is 1.91. The molecule has 2 aromatic carbocycles. The second-order valence-corrected chi connectivity index (χ2v) is 5.46. The lowest BCUT2D eigenvalue weighted by atomic mass is 10.1. The quantitative estimate of drug-likeness (QED) is 0.360. The molecule has 0 unspecified atom stereocenters. The van der Waals surface area contributed by atoms with Gasteiger partial charge in [0.25, 0.3) is 11.4 Å². The lowest BCUT2D eigenvalue weighted by Crippen LogP contribution is -2.05. The number of non-ortho nitro benzene ring substituents is 1. The SMILES string of the molecule is Cc1ccc(C2=N/C(=C\c3ccc([N+](=O)[O-])cc3[N+](=O)[O-])C(=O)O2)cc1. The normalized spacial score (nSPS) is 14.9. The van der Waals surface area contributed by atoms with Crippen molar-refractivity contribution in [2.45, 2.75) is 6.92 Å². The Balaban J connectivity index is 2.01. The van der Waals surface area contributed by atoms with Crippen LogP contribution in [-0.2, 0) is 9.53 Å². The molecule has 0 aliphatic carbocycles. The highest BCUT2D eigenvalue weighted by Gasteiger charge is 2.26. The topological polar surface area (TPSA) is 125 Å². The molecular formula is C17H11N3O6. The number of nitro benzene ring substituents is 2. The minimum Gasteiger partial charge on any atom is -0.402 e. The second-order valence-electron chi connectivity index (χ2n) is 5.46. The molecule has 1 aliphatic rings. The van der Waals surface area contributed by atoms with Gasteiger partial charge in [-0.1, -0.05) is 17.7 Å². The van der Waals surface area contributed by atoms with Gasteiger partial charge >= 0.3 is 5.97 Å². The maximum absolute atomic E-state index is 12.0. The van der Waals surface area contributed by atoms with Crippen molar-refractivity contribution in [3.05, 3.63) is 85.1 Å². The minimum absolute atomic E-state index is 0.0152. The molecule has 9 nitrogen and oxygen atoms in total. The molecule has 0 N–H and O–H groups in total. The minimum atomic E-state index is -0.760. The molecule has 130 valence electrons. The van der Waals surface area contributed by atoms with E-state index >= 15 is 0 Å². The summed E-state index contributed by atoms with van der Waals surface area (Å²) in [7, 11) is 0. The Morgan fingerprint density at radius 1 is 1.04 bits per heavy atom. The number of esters is 1. The standard InChI is InChI=1S/C17H11N3O6/c1-10-2-4-11(5-3-10)16-18-14(17(21)26-16)8-12-6-7-13(19(22)23)9-15(12)20(24)25/h2-9H,1H3/b14-8-. The highest BCUT2D eigenvalue weighted by molar-refractivity contribution is 6.13. The summed E-state index contributed by atoms with van der Waals surface area (Å²) in [6.07, 6.45) is 1.17. The Hall–Kier alpha value is -3.88. The molecule has 26 heavy (non-hydrogen) atoms. The number of nitrogens with zero attached hydrogens (tertiary/aromatic N) is 3. The van der Waals surface area contributed by atoms with E-state index in [1.807, 2.05) is 19.1 Å². The third-order valence-corrected chi connectivity index (χ3v) is 3.63. The molecule has 0 radical (unpaired) electrons. The first kappa shape index (κ1) is 17.0. The van der Waals surface area contributed by atoms with Crippen LogP contribution in [0, 0.1) is 27.2 Å². The molecule has 0 fully saturated rings. The molecular weight excluding hydrogens is 342 g/mol. The van der Waals surface area contributed by atoms with E-state index in [1.54, 1.807) is 12.1 Å². The Morgan fingerprint density at radius 3 is 2.35 bits per heavy atom. The highest BCUT2D eigenvalue weighted by atomic mass is 16.6. The summed E-state index contributed by atoms with van der Waals surface area (Å²) < 4.78 is 5.10. The van der Waals surface area contributed by atoms with Crippen molar-refractivity contribution in [1.29, 1.82) is 0 Å². The van der Waals surface area contributed by atoms with Crippen molar-refractivity contribution in [3.8, 4) is 0 Å². The van der Waals surface area contributed by atoms with Crippen LogP contribution in [0.2, 0.25) is 0 Å². The first-order valence-electron chi connectivity index (χ1n) is 7.37. The maximum Gasteiger partial charge on any atom is 0.363 e. The molecule has 2 aromatic rings. The van der Waals surface area contributed by atoms with Crippen LogP contribution >= 0.6 is 0 Å². The highest BCUT2D eigenvalue weighted by Crippen LogP contribution is 2.28. The summed E-state index contributed by atoms with van der Waals surface area (Å²) in [5, 5.41) is 22.0. The van der Waals surface area contributed by atoms with E-state index in [1.165, 1.54) is 12.1 Å². The molecule has 0 amide bonds. The molecule has 3 rings (SSSR count). The van der Waals surface area contributed by atoms with Crippen molar-refractivity contribution in [2.24, 2.45) is 4.99 Å². The van der Waals surface area contributed by atoms with E-state index < -0.39 is 27.2 Å². The van der Waals surface area contributed by atoms with E-state index in [0.29, 0.717) is 5.56 Å². The Morgan fingerprint density at radius 2 is 1.73 bits per heavy atom. The molecule has 0 saturated heterocycles. The van der Waals surface area contributed by atoms with Crippen molar-refractivity contribution in [3.63, 3.8) is 0 Å². The van der Waals surface area contributed by atoms with Crippen LogP contribution in [0.25, 0.3) is 6.08 Å². The molecule has 9 heteroatoms. The van der Waals surface area contributed by atoms with E-state index in [2.05, 4.69) is 4.99 Å². The second kappa shape index (κ2) is 6.55. The molecule has 0 aromatic heterocycles. The average Bonchev–Trinajstić information content (AvgIpc) is 2.96. The van der Waals surface area contributed by atoms with Gasteiger partial charge in [-0.2, -0.15) is 0 Å². The van der Waals surface area contributed by atoms with Crippen LogP contribution < -0.4 is 0 Å². The zero-order valence-electron chi connectivity index (χ0n) is 13.4. The fourth-order valence-corrected chi connectivity index (χ4v) is 2.30. The first-order valence-corrected chi connectivity index (χ1v) is 7.37. The first-order chi connectivity index (χ1) is 12.3. The molecule has 0 atom stereocenters. The van der Waals surface area contributed by atoms with Crippen molar-refractivity contribution in [1.82, 2.24) is 0 Å². The lowest BCUT2D eigenvalue weighted by Gasteiger charge is -1.99. The summed E-state index contributed by atoms with van der Waals surface area (Å²) in [4.78, 5) is 36.5. The zero-order chi connectivity index (χ0) is 18.8. The number of carbonyl (C=O) groups excluding carboxylic acids is 1. The van der Waals surface area contributed by atoms with Crippen LogP contribution in [0.3, 0.4) is 0 Å². The van der Waals surface area contributed by atoms with Gasteiger partial charge in [-0.25, -0.2) is 9.79 Å². The van der Waals surface area contributed by atoms with Gasteiger partial charge in [0.2, 0.25) is 5.90 Å². The number of rotatable bonds is 4. The number of aryl methyl sites for hydroxylation is 1. The van der Waals surface area contributed by atoms with Gasteiger partial charge < -0.3 is 4.74 Å². The van der Waals surface area contributed by atoms with Gasteiger partial charge in [0.1, 0.15) is 0 Å². The number of benzene rings is 2. The van der Waals surface area contributed by atoms with Gasteiger partial charge in [-0.05, 0) is 31.2 Å². The van der Waals surface area contributed by atoms with E-state index in [4.69, 9.17) is 4.74 Å². The van der Waals surface area contributed by atoms with Gasteiger partial charge in [-0.15, -0.1) is 0 Å². The van der Waals surface area contributed by atoms with E-state index in [0.717, 1.165) is 17.7 Å². The lowest BCUT2D eigenvalue weighted by molar-refractivity contribution is -0.394. The molecule has 0 spiro atoms. The molecule has 0 saturated carbocycles. The van der Waals surface area contributed by atoms with Crippen molar-refractivity contribution in [2.75, 3.05) is 0 Å². The average molecular weight is 353 g/mol. The van der Waals surface area contributed by atoms with E-state index in [-0.39, 0.29) is 17.2 Å². The third-order valence-electron chi connectivity index (χ3n) is 3.63. The van der Waals surface area contributed by atoms with Crippen LogP contribution in [0.1, 0.15) is 16.7 Å². The Labute approximate surface area is 146 Å². The number of aliphatic imine (C=N–C) groups is 1. The summed E-state index contributed by atoms with van der Waals surface area (Å²) in [6, 6.07) is 10.3. The molecule has 1 heterocycles. The zero-order valence-corrected chi connectivity index (χ0v) is 13.4. The van der Waals surface area contributed by atoms with Crippen LogP contribution in [0.15, 0.2) is 53.2 Å². The fraction of sp³-hybridized carbons (Fsp3) is 0.0588. The fourth-order valence-electron chi connectivity index (χ4n) is 2.30.